The van der Waals surface area contributed by atoms with Crippen LogP contribution in [0.4, 0.5) is 0 Å². The van der Waals surface area contributed by atoms with E-state index < -0.39 is 6.10 Å². The number of hydrogen-bond donors (Lipinski definition) is 1. The van der Waals surface area contributed by atoms with E-state index >= 15 is 0 Å². The molecule has 1 aliphatic heterocycles. The Morgan fingerprint density at radius 1 is 1.37 bits per heavy atom. The highest BCUT2D eigenvalue weighted by Crippen LogP contribution is 2.33. The number of hydrogen-bond acceptors (Lipinski definition) is 6. The summed E-state index contributed by atoms with van der Waals surface area (Å²) in [5, 5.41) is 4.67. The lowest BCUT2D eigenvalue weighted by atomic mass is 10.1. The van der Waals surface area contributed by atoms with E-state index in [1.165, 1.54) is 0 Å². The molecule has 1 amide bonds. The fourth-order valence-electron chi connectivity index (χ4n) is 3.68. The van der Waals surface area contributed by atoms with Gasteiger partial charge in [-0.3, -0.25) is 4.79 Å². The van der Waals surface area contributed by atoms with Crippen LogP contribution in [-0.4, -0.2) is 68.0 Å². The summed E-state index contributed by atoms with van der Waals surface area (Å²) in [5.74, 6) is 0.751. The van der Waals surface area contributed by atoms with Crippen LogP contribution in [0.15, 0.2) is 24.3 Å². The number of morpholine rings is 1. The van der Waals surface area contributed by atoms with E-state index in [4.69, 9.17) is 30.8 Å². The van der Waals surface area contributed by atoms with Crippen LogP contribution < -0.4 is 10.1 Å². The van der Waals surface area contributed by atoms with Crippen molar-refractivity contribution in [2.45, 2.75) is 38.0 Å². The first-order valence-corrected chi connectivity index (χ1v) is 10.9. The third-order valence-electron chi connectivity index (χ3n) is 5.36. The number of nitrogens with one attached hydrogen (secondary N) is 1. The van der Waals surface area contributed by atoms with Crippen molar-refractivity contribution >= 4 is 28.4 Å². The maximum atomic E-state index is 13.1. The standard InChI is InChI=1S/C22H28ClN3O4/c1-28-9-3-10-29-19-12-15(25-21-17(19)4-2-5-18(21)23)14-26(16-6-7-16)22(27)20-13-24-8-11-30-20/h2,4-5,12,16,20,24H,3,6-11,13-14H2,1H3/t20-/m1/s1. The monoisotopic (exact) mass is 433 g/mol. The van der Waals surface area contributed by atoms with Gasteiger partial charge in [-0.1, -0.05) is 17.7 Å². The van der Waals surface area contributed by atoms with E-state index in [9.17, 15) is 4.79 Å². The molecule has 0 radical (unpaired) electrons. The Balaban J connectivity index is 1.58. The molecule has 1 saturated carbocycles. The average molecular weight is 434 g/mol. The molecule has 0 unspecified atom stereocenters. The molecule has 162 valence electrons. The van der Waals surface area contributed by atoms with Gasteiger partial charge in [0.25, 0.3) is 5.91 Å². The number of ether oxygens (including phenoxy) is 3. The van der Waals surface area contributed by atoms with Crippen molar-refractivity contribution in [2.24, 2.45) is 0 Å². The Bertz CT molecular complexity index is 884. The normalized spacial score (nSPS) is 19.1. The van der Waals surface area contributed by atoms with Gasteiger partial charge >= 0.3 is 0 Å². The smallest absolute Gasteiger partial charge is 0.253 e. The lowest BCUT2D eigenvalue weighted by Gasteiger charge is -2.30. The molecule has 1 aliphatic carbocycles. The molecule has 7 nitrogen and oxygen atoms in total. The first-order valence-electron chi connectivity index (χ1n) is 10.5. The number of carbonyl (C=O) groups excluding carboxylic acids is 1. The number of para-hydroxylation sites is 1. The Morgan fingerprint density at radius 3 is 2.97 bits per heavy atom. The number of aromatic nitrogens is 1. The number of rotatable bonds is 9. The molecule has 1 aromatic carbocycles. The van der Waals surface area contributed by atoms with Gasteiger partial charge < -0.3 is 24.4 Å². The Hall–Kier alpha value is -1.93. The molecule has 1 aromatic heterocycles. The van der Waals surface area contributed by atoms with Gasteiger partial charge in [0.15, 0.2) is 0 Å². The zero-order valence-corrected chi connectivity index (χ0v) is 18.0. The molecule has 2 fully saturated rings. The van der Waals surface area contributed by atoms with Crippen molar-refractivity contribution in [3.05, 3.63) is 35.0 Å². The number of benzene rings is 1. The third kappa shape index (κ3) is 5.03. The van der Waals surface area contributed by atoms with Gasteiger partial charge in [0.1, 0.15) is 11.9 Å². The van der Waals surface area contributed by atoms with Gasteiger partial charge in [-0.15, -0.1) is 0 Å². The average Bonchev–Trinajstić information content (AvgIpc) is 3.61. The van der Waals surface area contributed by atoms with Crippen LogP contribution in [-0.2, 0) is 20.8 Å². The summed E-state index contributed by atoms with van der Waals surface area (Å²) in [7, 11) is 1.68. The maximum absolute atomic E-state index is 13.1. The van der Waals surface area contributed by atoms with E-state index in [2.05, 4.69) is 5.32 Å². The Labute approximate surface area is 181 Å². The van der Waals surface area contributed by atoms with E-state index in [-0.39, 0.29) is 11.9 Å². The predicted octanol–water partition coefficient (Wildman–Crippen LogP) is 2.78. The van der Waals surface area contributed by atoms with Crippen molar-refractivity contribution in [3.63, 3.8) is 0 Å². The first-order chi connectivity index (χ1) is 14.7. The van der Waals surface area contributed by atoms with Gasteiger partial charge in [-0.25, -0.2) is 4.98 Å². The zero-order chi connectivity index (χ0) is 20.9. The summed E-state index contributed by atoms with van der Waals surface area (Å²) >= 11 is 6.43. The zero-order valence-electron chi connectivity index (χ0n) is 17.2. The van der Waals surface area contributed by atoms with Crippen molar-refractivity contribution in [1.82, 2.24) is 15.2 Å². The van der Waals surface area contributed by atoms with Crippen LogP contribution in [0.25, 0.3) is 10.9 Å². The lowest BCUT2D eigenvalue weighted by Crippen LogP contribution is -2.49. The highest BCUT2D eigenvalue weighted by molar-refractivity contribution is 6.35. The molecule has 1 atom stereocenters. The minimum absolute atomic E-state index is 0.0216. The number of pyridine rings is 1. The van der Waals surface area contributed by atoms with E-state index in [0.717, 1.165) is 42.6 Å². The molecule has 8 heteroatoms. The summed E-state index contributed by atoms with van der Waals surface area (Å²) < 4.78 is 16.8. The number of carbonyl (C=O) groups is 1. The SMILES string of the molecule is COCCCOc1cc(CN(C(=O)[C@H]2CNCCO2)C2CC2)nc2c(Cl)cccc12. The number of amides is 1. The Morgan fingerprint density at radius 2 is 2.23 bits per heavy atom. The number of methoxy groups -OCH3 is 1. The summed E-state index contributed by atoms with van der Waals surface area (Å²) in [6, 6.07) is 7.84. The van der Waals surface area contributed by atoms with Crippen LogP contribution in [0.1, 0.15) is 25.0 Å². The van der Waals surface area contributed by atoms with E-state index in [1.807, 2.05) is 29.2 Å². The van der Waals surface area contributed by atoms with Crippen molar-refractivity contribution in [2.75, 3.05) is 40.0 Å². The van der Waals surface area contributed by atoms with Gasteiger partial charge in [0.2, 0.25) is 0 Å². The lowest BCUT2D eigenvalue weighted by molar-refractivity contribution is -0.146. The molecule has 2 aromatic rings. The molecule has 2 aliphatic rings. The van der Waals surface area contributed by atoms with Crippen LogP contribution in [0.5, 0.6) is 5.75 Å². The van der Waals surface area contributed by atoms with Gasteiger partial charge in [0.05, 0.1) is 36.0 Å². The van der Waals surface area contributed by atoms with Crippen LogP contribution in [0, 0.1) is 0 Å². The summed E-state index contributed by atoms with van der Waals surface area (Å²) in [4.78, 5) is 19.8. The number of nitrogens with zero attached hydrogens (tertiary/aromatic N) is 2. The second kappa shape index (κ2) is 9.92. The second-order valence-corrected chi connectivity index (χ2v) is 8.11. The van der Waals surface area contributed by atoms with Crippen molar-refractivity contribution in [3.8, 4) is 5.75 Å². The maximum Gasteiger partial charge on any atom is 0.253 e. The van der Waals surface area contributed by atoms with E-state index in [0.29, 0.717) is 43.4 Å². The topological polar surface area (TPSA) is 72.9 Å². The summed E-state index contributed by atoms with van der Waals surface area (Å²) in [6.45, 7) is 3.47. The molecule has 30 heavy (non-hydrogen) atoms. The molecule has 1 N–H and O–H groups in total. The second-order valence-electron chi connectivity index (χ2n) is 7.70. The van der Waals surface area contributed by atoms with Gasteiger partial charge in [-0.2, -0.15) is 0 Å². The van der Waals surface area contributed by atoms with Crippen LogP contribution >= 0.6 is 11.6 Å². The summed E-state index contributed by atoms with van der Waals surface area (Å²) in [5.41, 5.74) is 1.46. The molecular formula is C22H28ClN3O4. The highest BCUT2D eigenvalue weighted by Gasteiger charge is 2.37. The highest BCUT2D eigenvalue weighted by atomic mass is 35.5. The molecule has 0 bridgehead atoms. The minimum atomic E-state index is -0.437. The molecule has 1 saturated heterocycles. The minimum Gasteiger partial charge on any atom is -0.493 e. The molecular weight excluding hydrogens is 406 g/mol. The molecule has 4 rings (SSSR count). The fraction of sp³-hybridized carbons (Fsp3) is 0.545. The molecule has 2 heterocycles. The van der Waals surface area contributed by atoms with Crippen LogP contribution in [0.2, 0.25) is 5.02 Å². The van der Waals surface area contributed by atoms with Crippen molar-refractivity contribution < 1.29 is 19.0 Å². The van der Waals surface area contributed by atoms with E-state index in [1.54, 1.807) is 7.11 Å². The quantitative estimate of drug-likeness (QED) is 0.613. The number of fused-ring (bicyclic) bond motifs is 1. The Kier molecular flexibility index (Phi) is 7.04. The van der Waals surface area contributed by atoms with Gasteiger partial charge in [-0.05, 0) is 25.0 Å². The largest absolute Gasteiger partial charge is 0.493 e. The summed E-state index contributed by atoms with van der Waals surface area (Å²) in [6.07, 6.45) is 2.38. The van der Waals surface area contributed by atoms with Crippen molar-refractivity contribution in [1.29, 1.82) is 0 Å². The number of halogens is 1. The molecule has 0 spiro atoms. The van der Waals surface area contributed by atoms with Gasteiger partial charge in [0, 0.05) is 50.7 Å². The predicted molar refractivity (Wildman–Crippen MR) is 115 cm³/mol. The first kappa shape index (κ1) is 21.3. The third-order valence-corrected chi connectivity index (χ3v) is 5.67. The van der Waals surface area contributed by atoms with Crippen LogP contribution in [0.3, 0.4) is 0 Å². The fourth-order valence-corrected chi connectivity index (χ4v) is 3.89.